The summed E-state index contributed by atoms with van der Waals surface area (Å²) in [6, 6.07) is 0. The number of hydrogen-bond acceptors (Lipinski definition) is 6. The molecule has 0 heterocycles. The lowest BCUT2D eigenvalue weighted by Gasteiger charge is -2.18. The van der Waals surface area contributed by atoms with Crippen molar-refractivity contribution in [2.75, 3.05) is 13.2 Å². The fraction of sp³-hybridized carbons (Fsp3) is 0.918. The Hall–Kier alpha value is -1.85. The fourth-order valence-corrected chi connectivity index (χ4v) is 9.21. The Bertz CT molecular complexity index is 1040. The van der Waals surface area contributed by atoms with Crippen molar-refractivity contribution in [1.82, 2.24) is 0 Å². The van der Waals surface area contributed by atoms with Gasteiger partial charge >= 0.3 is 17.9 Å². The minimum Gasteiger partial charge on any atom is -0.462 e. The zero-order chi connectivity index (χ0) is 48.6. The Labute approximate surface area is 418 Å². The SMILES string of the molecule is CCCCCCCCC/C=C\CCCCCCCCCC(=O)OC(COC(=O)CCCCCCCCCC)COC(=O)CCCCCCCCCCCCCCCCCCCCCCCCC. The predicted molar refractivity (Wildman–Crippen MR) is 289 cm³/mol. The molecule has 0 aromatic carbocycles. The van der Waals surface area contributed by atoms with Crippen LogP contribution in [0.15, 0.2) is 12.2 Å². The van der Waals surface area contributed by atoms with Gasteiger partial charge in [0.2, 0.25) is 0 Å². The van der Waals surface area contributed by atoms with E-state index in [4.69, 9.17) is 14.2 Å². The first kappa shape index (κ1) is 65.1. The highest BCUT2D eigenvalue weighted by Gasteiger charge is 2.19. The number of allylic oxidation sites excluding steroid dienone is 2. The van der Waals surface area contributed by atoms with Crippen LogP contribution in [0.2, 0.25) is 0 Å². The molecule has 0 saturated heterocycles. The maximum atomic E-state index is 12.8. The molecule has 0 aliphatic rings. The average molecular weight is 946 g/mol. The van der Waals surface area contributed by atoms with Gasteiger partial charge in [-0.05, 0) is 44.9 Å². The van der Waals surface area contributed by atoms with Gasteiger partial charge in [0.15, 0.2) is 6.10 Å². The Kier molecular flexibility index (Phi) is 55.2. The van der Waals surface area contributed by atoms with Crippen LogP contribution in [0.25, 0.3) is 0 Å². The molecule has 1 atom stereocenters. The van der Waals surface area contributed by atoms with Gasteiger partial charge in [0, 0.05) is 19.3 Å². The molecule has 6 nitrogen and oxygen atoms in total. The lowest BCUT2D eigenvalue weighted by atomic mass is 10.0. The van der Waals surface area contributed by atoms with Crippen molar-refractivity contribution in [1.29, 1.82) is 0 Å². The molecule has 0 aromatic heterocycles. The minimum absolute atomic E-state index is 0.0662. The van der Waals surface area contributed by atoms with Crippen LogP contribution in [-0.2, 0) is 28.6 Å². The molecule has 0 rings (SSSR count). The smallest absolute Gasteiger partial charge is 0.306 e. The Morgan fingerprint density at radius 1 is 0.284 bits per heavy atom. The van der Waals surface area contributed by atoms with Crippen LogP contribution in [0.5, 0.6) is 0 Å². The molecule has 396 valence electrons. The second-order valence-electron chi connectivity index (χ2n) is 20.6. The van der Waals surface area contributed by atoms with Gasteiger partial charge in [0.1, 0.15) is 13.2 Å². The van der Waals surface area contributed by atoms with Crippen LogP contribution in [-0.4, -0.2) is 37.2 Å². The monoisotopic (exact) mass is 945 g/mol. The highest BCUT2D eigenvalue weighted by molar-refractivity contribution is 5.71. The van der Waals surface area contributed by atoms with Crippen LogP contribution in [0.3, 0.4) is 0 Å². The summed E-state index contributed by atoms with van der Waals surface area (Å²) >= 11 is 0. The number of esters is 3. The average Bonchev–Trinajstić information content (AvgIpc) is 3.33. The van der Waals surface area contributed by atoms with E-state index in [1.54, 1.807) is 0 Å². The van der Waals surface area contributed by atoms with E-state index in [-0.39, 0.29) is 31.1 Å². The number of carbonyl (C=O) groups is 3. The van der Waals surface area contributed by atoms with Crippen LogP contribution < -0.4 is 0 Å². The van der Waals surface area contributed by atoms with E-state index in [9.17, 15) is 14.4 Å². The summed E-state index contributed by atoms with van der Waals surface area (Å²) in [4.78, 5) is 38.0. The fourth-order valence-electron chi connectivity index (χ4n) is 9.21. The largest absolute Gasteiger partial charge is 0.462 e. The zero-order valence-corrected chi connectivity index (χ0v) is 45.5. The van der Waals surface area contributed by atoms with E-state index in [1.807, 2.05) is 0 Å². The molecule has 0 N–H and O–H groups in total. The van der Waals surface area contributed by atoms with Crippen LogP contribution in [0, 0.1) is 0 Å². The van der Waals surface area contributed by atoms with E-state index in [0.29, 0.717) is 19.3 Å². The summed E-state index contributed by atoms with van der Waals surface area (Å²) < 4.78 is 16.8. The predicted octanol–water partition coefficient (Wildman–Crippen LogP) is 20.1. The van der Waals surface area contributed by atoms with Crippen molar-refractivity contribution in [3.05, 3.63) is 12.2 Å². The van der Waals surface area contributed by atoms with Crippen molar-refractivity contribution in [2.45, 2.75) is 348 Å². The Morgan fingerprint density at radius 2 is 0.493 bits per heavy atom. The summed E-state index contributed by atoms with van der Waals surface area (Å²) in [6.07, 6.45) is 65.2. The van der Waals surface area contributed by atoms with Gasteiger partial charge in [-0.2, -0.15) is 0 Å². The third kappa shape index (κ3) is 55.0. The van der Waals surface area contributed by atoms with E-state index < -0.39 is 6.10 Å². The molecule has 0 fully saturated rings. The third-order valence-corrected chi connectivity index (χ3v) is 13.8. The normalized spacial score (nSPS) is 12.0. The third-order valence-electron chi connectivity index (χ3n) is 13.8. The van der Waals surface area contributed by atoms with Crippen molar-refractivity contribution in [3.8, 4) is 0 Å². The minimum atomic E-state index is -0.766. The van der Waals surface area contributed by atoms with Gasteiger partial charge in [0.05, 0.1) is 0 Å². The van der Waals surface area contributed by atoms with E-state index in [2.05, 4.69) is 32.9 Å². The van der Waals surface area contributed by atoms with Crippen LogP contribution in [0.4, 0.5) is 0 Å². The molecule has 6 heteroatoms. The van der Waals surface area contributed by atoms with Gasteiger partial charge < -0.3 is 14.2 Å². The molecule has 0 spiro atoms. The molecule has 0 aromatic rings. The number of unbranched alkanes of at least 4 members (excludes halogenated alkanes) is 43. The van der Waals surface area contributed by atoms with Crippen molar-refractivity contribution in [2.24, 2.45) is 0 Å². The summed E-state index contributed by atoms with van der Waals surface area (Å²) in [5.74, 6) is -0.851. The number of rotatable bonds is 56. The van der Waals surface area contributed by atoms with Crippen molar-refractivity contribution in [3.63, 3.8) is 0 Å². The Morgan fingerprint density at radius 3 is 0.746 bits per heavy atom. The number of carbonyl (C=O) groups excluding carboxylic acids is 3. The molecular formula is C61H116O6. The molecule has 1 unspecified atom stereocenters. The molecule has 0 radical (unpaired) electrons. The van der Waals surface area contributed by atoms with Crippen LogP contribution >= 0.6 is 0 Å². The van der Waals surface area contributed by atoms with Crippen molar-refractivity contribution >= 4 is 17.9 Å². The number of hydrogen-bond donors (Lipinski definition) is 0. The maximum absolute atomic E-state index is 12.8. The number of ether oxygens (including phenoxy) is 3. The topological polar surface area (TPSA) is 78.9 Å². The summed E-state index contributed by atoms with van der Waals surface area (Å²) in [7, 11) is 0. The first-order valence-electron chi connectivity index (χ1n) is 30.2. The van der Waals surface area contributed by atoms with Crippen LogP contribution in [0.1, 0.15) is 342 Å². The molecular weight excluding hydrogens is 829 g/mol. The quantitative estimate of drug-likeness (QED) is 0.0262. The summed E-state index contributed by atoms with van der Waals surface area (Å²) in [6.45, 7) is 6.67. The molecule has 67 heavy (non-hydrogen) atoms. The van der Waals surface area contributed by atoms with Crippen molar-refractivity contribution < 1.29 is 28.6 Å². The lowest BCUT2D eigenvalue weighted by molar-refractivity contribution is -0.167. The van der Waals surface area contributed by atoms with Gasteiger partial charge in [-0.15, -0.1) is 0 Å². The van der Waals surface area contributed by atoms with E-state index in [0.717, 1.165) is 57.8 Å². The Balaban J connectivity index is 4.14. The van der Waals surface area contributed by atoms with Gasteiger partial charge in [0.25, 0.3) is 0 Å². The highest BCUT2D eigenvalue weighted by Crippen LogP contribution is 2.18. The first-order chi connectivity index (χ1) is 33.0. The van der Waals surface area contributed by atoms with E-state index >= 15 is 0 Å². The van der Waals surface area contributed by atoms with Gasteiger partial charge in [-0.25, -0.2) is 0 Å². The maximum Gasteiger partial charge on any atom is 0.306 e. The zero-order valence-electron chi connectivity index (χ0n) is 45.5. The molecule has 0 bridgehead atoms. The molecule has 0 aliphatic carbocycles. The van der Waals surface area contributed by atoms with Gasteiger partial charge in [-0.1, -0.05) is 290 Å². The standard InChI is InChI=1S/C61H116O6/c1-4-7-10-13-16-19-21-23-25-27-29-30-31-32-33-35-36-38-40-42-45-48-51-54-60(63)66-57-58(56-65-59(62)53-50-47-44-18-15-12-9-6-3)67-61(64)55-52-49-46-43-41-39-37-34-28-26-24-22-20-17-14-11-8-5-2/h26,28,58H,4-25,27,29-57H2,1-3H3/b28-26-. The first-order valence-corrected chi connectivity index (χ1v) is 30.2. The highest BCUT2D eigenvalue weighted by atomic mass is 16.6. The summed E-state index contributed by atoms with van der Waals surface area (Å²) in [5, 5.41) is 0. The van der Waals surface area contributed by atoms with Gasteiger partial charge in [-0.3, -0.25) is 14.4 Å². The molecule has 0 aliphatic heterocycles. The second-order valence-corrected chi connectivity index (χ2v) is 20.6. The van der Waals surface area contributed by atoms with E-state index in [1.165, 1.54) is 244 Å². The molecule has 0 amide bonds. The lowest BCUT2D eigenvalue weighted by Crippen LogP contribution is -2.30. The summed E-state index contributed by atoms with van der Waals surface area (Å²) in [5.41, 5.74) is 0. The molecule has 0 saturated carbocycles. The second kappa shape index (κ2) is 56.7.